The molecule has 2 heterocycles. The SMILES string of the molecule is C1CCC(OCCCC2CCCOC2)OC1. The van der Waals surface area contributed by atoms with Crippen LogP contribution in [0.1, 0.15) is 44.9 Å². The maximum atomic E-state index is 5.71. The van der Waals surface area contributed by atoms with Gasteiger partial charge in [0.05, 0.1) is 0 Å². The Kier molecular flexibility index (Phi) is 5.59. The van der Waals surface area contributed by atoms with Gasteiger partial charge in [0.15, 0.2) is 6.29 Å². The Labute approximate surface area is 98.4 Å². The van der Waals surface area contributed by atoms with E-state index in [1.54, 1.807) is 0 Å². The molecule has 0 amide bonds. The Morgan fingerprint density at radius 3 is 2.81 bits per heavy atom. The summed E-state index contributed by atoms with van der Waals surface area (Å²) in [4.78, 5) is 0. The molecule has 94 valence electrons. The molecule has 3 heteroatoms. The minimum absolute atomic E-state index is 0.0800. The van der Waals surface area contributed by atoms with Crippen molar-refractivity contribution >= 4 is 0 Å². The van der Waals surface area contributed by atoms with Crippen molar-refractivity contribution in [1.82, 2.24) is 0 Å². The Morgan fingerprint density at radius 1 is 1.06 bits per heavy atom. The molecule has 0 saturated carbocycles. The van der Waals surface area contributed by atoms with Crippen molar-refractivity contribution in [1.29, 1.82) is 0 Å². The highest BCUT2D eigenvalue weighted by Crippen LogP contribution is 2.19. The second-order valence-corrected chi connectivity index (χ2v) is 4.89. The molecule has 0 spiro atoms. The molecule has 0 N–H and O–H groups in total. The van der Waals surface area contributed by atoms with E-state index in [0.29, 0.717) is 0 Å². The van der Waals surface area contributed by atoms with Crippen LogP contribution in [0.25, 0.3) is 0 Å². The summed E-state index contributed by atoms with van der Waals surface area (Å²) in [5, 5.41) is 0. The Morgan fingerprint density at radius 2 is 2.06 bits per heavy atom. The second kappa shape index (κ2) is 7.25. The maximum Gasteiger partial charge on any atom is 0.157 e. The van der Waals surface area contributed by atoms with Crippen molar-refractivity contribution in [3.63, 3.8) is 0 Å². The summed E-state index contributed by atoms with van der Waals surface area (Å²) >= 11 is 0. The summed E-state index contributed by atoms with van der Waals surface area (Å²) in [5.41, 5.74) is 0. The fourth-order valence-electron chi connectivity index (χ4n) is 2.46. The van der Waals surface area contributed by atoms with Gasteiger partial charge in [0.1, 0.15) is 0 Å². The normalized spacial score (nSPS) is 31.5. The first-order chi connectivity index (χ1) is 7.95. The third-order valence-corrected chi connectivity index (χ3v) is 3.45. The average molecular weight is 228 g/mol. The lowest BCUT2D eigenvalue weighted by Crippen LogP contribution is -2.23. The van der Waals surface area contributed by atoms with Gasteiger partial charge in [0, 0.05) is 26.4 Å². The van der Waals surface area contributed by atoms with Crippen LogP contribution in [0.5, 0.6) is 0 Å². The smallest absolute Gasteiger partial charge is 0.157 e. The molecule has 0 aliphatic carbocycles. The molecule has 2 aliphatic heterocycles. The molecular weight excluding hydrogens is 204 g/mol. The van der Waals surface area contributed by atoms with Crippen LogP contribution in [0.4, 0.5) is 0 Å². The van der Waals surface area contributed by atoms with E-state index in [-0.39, 0.29) is 6.29 Å². The number of hydrogen-bond donors (Lipinski definition) is 0. The zero-order valence-electron chi connectivity index (χ0n) is 10.2. The van der Waals surface area contributed by atoms with Gasteiger partial charge in [0.25, 0.3) is 0 Å². The lowest BCUT2D eigenvalue weighted by atomic mass is 9.97. The van der Waals surface area contributed by atoms with Crippen molar-refractivity contribution in [3.05, 3.63) is 0 Å². The third-order valence-electron chi connectivity index (χ3n) is 3.45. The molecule has 3 nitrogen and oxygen atoms in total. The summed E-state index contributed by atoms with van der Waals surface area (Å²) in [6, 6.07) is 0. The predicted octanol–water partition coefficient (Wildman–Crippen LogP) is 2.74. The quantitative estimate of drug-likeness (QED) is 0.677. The minimum atomic E-state index is 0.0800. The minimum Gasteiger partial charge on any atom is -0.381 e. The average Bonchev–Trinajstić information content (AvgIpc) is 2.37. The van der Waals surface area contributed by atoms with Crippen molar-refractivity contribution in [3.8, 4) is 0 Å². The van der Waals surface area contributed by atoms with Crippen LogP contribution in [-0.2, 0) is 14.2 Å². The highest BCUT2D eigenvalue weighted by atomic mass is 16.7. The van der Waals surface area contributed by atoms with E-state index in [9.17, 15) is 0 Å². The topological polar surface area (TPSA) is 27.7 Å². The van der Waals surface area contributed by atoms with Crippen LogP contribution in [0.3, 0.4) is 0 Å². The molecule has 0 radical (unpaired) electrons. The molecule has 2 unspecified atom stereocenters. The Balaban J connectivity index is 1.47. The number of ether oxygens (including phenoxy) is 3. The molecule has 2 fully saturated rings. The van der Waals surface area contributed by atoms with Gasteiger partial charge in [-0.25, -0.2) is 0 Å². The first kappa shape index (κ1) is 12.3. The molecule has 0 aromatic carbocycles. The van der Waals surface area contributed by atoms with Gasteiger partial charge in [-0.1, -0.05) is 0 Å². The van der Waals surface area contributed by atoms with E-state index in [2.05, 4.69) is 0 Å². The lowest BCUT2D eigenvalue weighted by molar-refractivity contribution is -0.163. The van der Waals surface area contributed by atoms with Gasteiger partial charge >= 0.3 is 0 Å². The summed E-state index contributed by atoms with van der Waals surface area (Å²) in [6.45, 7) is 3.64. The van der Waals surface area contributed by atoms with Crippen LogP contribution >= 0.6 is 0 Å². The summed E-state index contributed by atoms with van der Waals surface area (Å²) in [7, 11) is 0. The van der Waals surface area contributed by atoms with Crippen molar-refractivity contribution in [2.75, 3.05) is 26.4 Å². The molecule has 2 rings (SSSR count). The van der Waals surface area contributed by atoms with Gasteiger partial charge in [-0.3, -0.25) is 0 Å². The third kappa shape index (κ3) is 4.40. The zero-order chi connectivity index (χ0) is 11.1. The molecule has 0 aromatic heterocycles. The molecular formula is C13H24O3. The molecule has 2 saturated heterocycles. The van der Waals surface area contributed by atoms with Crippen molar-refractivity contribution in [2.45, 2.75) is 51.2 Å². The molecule has 2 aliphatic rings. The largest absolute Gasteiger partial charge is 0.381 e. The fourth-order valence-corrected chi connectivity index (χ4v) is 2.46. The van der Waals surface area contributed by atoms with Crippen LogP contribution in [-0.4, -0.2) is 32.7 Å². The Hall–Kier alpha value is -0.120. The van der Waals surface area contributed by atoms with Crippen molar-refractivity contribution < 1.29 is 14.2 Å². The number of hydrogen-bond acceptors (Lipinski definition) is 3. The number of rotatable bonds is 5. The van der Waals surface area contributed by atoms with Gasteiger partial charge in [-0.2, -0.15) is 0 Å². The predicted molar refractivity (Wildman–Crippen MR) is 62.3 cm³/mol. The van der Waals surface area contributed by atoms with Crippen LogP contribution in [0.15, 0.2) is 0 Å². The van der Waals surface area contributed by atoms with E-state index in [1.807, 2.05) is 0 Å². The first-order valence-electron chi connectivity index (χ1n) is 6.76. The van der Waals surface area contributed by atoms with E-state index >= 15 is 0 Å². The second-order valence-electron chi connectivity index (χ2n) is 4.89. The van der Waals surface area contributed by atoms with Gasteiger partial charge in [-0.15, -0.1) is 0 Å². The van der Waals surface area contributed by atoms with Crippen LogP contribution < -0.4 is 0 Å². The summed E-state index contributed by atoms with van der Waals surface area (Å²) in [6.07, 6.45) is 8.56. The van der Waals surface area contributed by atoms with Gasteiger partial charge in [0.2, 0.25) is 0 Å². The van der Waals surface area contributed by atoms with E-state index in [4.69, 9.17) is 14.2 Å². The van der Waals surface area contributed by atoms with Crippen LogP contribution in [0.2, 0.25) is 0 Å². The highest BCUT2D eigenvalue weighted by Gasteiger charge is 2.15. The summed E-state index contributed by atoms with van der Waals surface area (Å²) in [5.74, 6) is 0.768. The first-order valence-corrected chi connectivity index (χ1v) is 6.76. The molecule has 0 aromatic rings. The lowest BCUT2D eigenvalue weighted by Gasteiger charge is -2.24. The van der Waals surface area contributed by atoms with E-state index in [1.165, 1.54) is 32.1 Å². The molecule has 2 atom stereocenters. The zero-order valence-corrected chi connectivity index (χ0v) is 10.2. The van der Waals surface area contributed by atoms with Gasteiger partial charge < -0.3 is 14.2 Å². The highest BCUT2D eigenvalue weighted by molar-refractivity contribution is 4.63. The van der Waals surface area contributed by atoms with E-state index < -0.39 is 0 Å². The fraction of sp³-hybridized carbons (Fsp3) is 1.00. The van der Waals surface area contributed by atoms with Gasteiger partial charge in [-0.05, 0) is 50.9 Å². The van der Waals surface area contributed by atoms with Crippen molar-refractivity contribution in [2.24, 2.45) is 5.92 Å². The van der Waals surface area contributed by atoms with Crippen LogP contribution in [0, 0.1) is 5.92 Å². The summed E-state index contributed by atoms with van der Waals surface area (Å²) < 4.78 is 16.7. The molecule has 0 bridgehead atoms. The molecule has 16 heavy (non-hydrogen) atoms. The van der Waals surface area contributed by atoms with E-state index in [0.717, 1.165) is 45.2 Å². The standard InChI is InChI=1S/C13H24O3/c1-2-9-15-13(7-1)16-10-4-6-12-5-3-8-14-11-12/h12-13H,1-11H2. The maximum absolute atomic E-state index is 5.71. The monoisotopic (exact) mass is 228 g/mol. The Bertz CT molecular complexity index is 152.